The average Bonchev–Trinajstić information content (AvgIpc) is 2.39. The molecule has 0 N–H and O–H groups in total. The van der Waals surface area contributed by atoms with E-state index in [9.17, 15) is 4.79 Å². The third-order valence-electron chi connectivity index (χ3n) is 3.46. The van der Waals surface area contributed by atoms with Gasteiger partial charge in [0.25, 0.3) is 5.56 Å². The van der Waals surface area contributed by atoms with Crippen LogP contribution in [0.15, 0.2) is 10.9 Å². The number of hydrogen-bond donors (Lipinski definition) is 0. The van der Waals surface area contributed by atoms with Gasteiger partial charge in [0.1, 0.15) is 0 Å². The minimum absolute atomic E-state index is 0.0192. The maximum Gasteiger partial charge on any atom is 0.255 e. The van der Waals surface area contributed by atoms with E-state index in [1.165, 1.54) is 12.0 Å². The molecule has 0 aliphatic heterocycles. The number of nitriles is 1. The van der Waals surface area contributed by atoms with E-state index in [0.29, 0.717) is 18.7 Å². The van der Waals surface area contributed by atoms with Crippen molar-refractivity contribution in [3.8, 4) is 6.07 Å². The largest absolute Gasteiger partial charge is 0.383 e. The first-order valence-electron chi connectivity index (χ1n) is 6.38. The SMILES string of the molecule is COCCn1c2c(cc(CC#N)c1=O)CCCC2. The first-order valence-corrected chi connectivity index (χ1v) is 6.38. The Kier molecular flexibility index (Phi) is 4.16. The summed E-state index contributed by atoms with van der Waals surface area (Å²) in [5, 5.41) is 8.79. The Balaban J connectivity index is 2.49. The van der Waals surface area contributed by atoms with Gasteiger partial charge in [0.2, 0.25) is 0 Å². The van der Waals surface area contributed by atoms with Crippen LogP contribution in [0.5, 0.6) is 0 Å². The van der Waals surface area contributed by atoms with Crippen LogP contribution >= 0.6 is 0 Å². The molecule has 4 nitrogen and oxygen atoms in total. The quantitative estimate of drug-likeness (QED) is 0.807. The minimum Gasteiger partial charge on any atom is -0.383 e. The van der Waals surface area contributed by atoms with Crippen LogP contribution in [-0.2, 0) is 30.5 Å². The lowest BCUT2D eigenvalue weighted by molar-refractivity contribution is 0.185. The first-order chi connectivity index (χ1) is 8.77. The molecule has 1 aromatic rings. The van der Waals surface area contributed by atoms with Crippen LogP contribution in [0.2, 0.25) is 0 Å². The van der Waals surface area contributed by atoms with Crippen molar-refractivity contribution in [2.45, 2.75) is 38.6 Å². The Morgan fingerprint density at radius 2 is 2.22 bits per heavy atom. The van der Waals surface area contributed by atoms with Gasteiger partial charge in [-0.25, -0.2) is 0 Å². The van der Waals surface area contributed by atoms with Crippen molar-refractivity contribution in [1.82, 2.24) is 4.57 Å². The number of pyridine rings is 1. The molecule has 1 aliphatic rings. The zero-order valence-corrected chi connectivity index (χ0v) is 10.7. The zero-order valence-electron chi connectivity index (χ0n) is 10.7. The highest BCUT2D eigenvalue weighted by atomic mass is 16.5. The van der Waals surface area contributed by atoms with E-state index < -0.39 is 0 Å². The highest BCUT2D eigenvalue weighted by molar-refractivity contribution is 5.30. The fraction of sp³-hybridized carbons (Fsp3) is 0.571. The van der Waals surface area contributed by atoms with Crippen LogP contribution in [0.3, 0.4) is 0 Å². The topological polar surface area (TPSA) is 55.0 Å². The van der Waals surface area contributed by atoms with E-state index in [0.717, 1.165) is 25.0 Å². The Morgan fingerprint density at radius 3 is 2.94 bits per heavy atom. The van der Waals surface area contributed by atoms with Crippen LogP contribution in [0.1, 0.15) is 29.7 Å². The fourth-order valence-electron chi connectivity index (χ4n) is 2.58. The summed E-state index contributed by atoms with van der Waals surface area (Å²) >= 11 is 0. The molecule has 0 bridgehead atoms. The average molecular weight is 246 g/mol. The molecule has 96 valence electrons. The van der Waals surface area contributed by atoms with E-state index in [4.69, 9.17) is 10.00 Å². The highest BCUT2D eigenvalue weighted by Gasteiger charge is 2.17. The second-order valence-corrected chi connectivity index (χ2v) is 4.63. The molecule has 0 saturated heterocycles. The van der Waals surface area contributed by atoms with Crippen LogP contribution in [0.4, 0.5) is 0 Å². The van der Waals surface area contributed by atoms with E-state index in [-0.39, 0.29) is 12.0 Å². The molecule has 0 aromatic carbocycles. The predicted molar refractivity (Wildman–Crippen MR) is 68.5 cm³/mol. The van der Waals surface area contributed by atoms with Gasteiger partial charge in [-0.15, -0.1) is 0 Å². The standard InChI is InChI=1S/C14H18N2O2/c1-18-9-8-16-13-5-3-2-4-11(13)10-12(6-7-15)14(16)17/h10H,2-6,8-9H2,1H3. The number of nitrogens with zero attached hydrogens (tertiary/aromatic N) is 2. The van der Waals surface area contributed by atoms with Crippen molar-refractivity contribution in [3.05, 3.63) is 33.2 Å². The predicted octanol–water partition coefficient (Wildman–Crippen LogP) is 1.44. The Morgan fingerprint density at radius 1 is 1.44 bits per heavy atom. The van der Waals surface area contributed by atoms with Crippen molar-refractivity contribution >= 4 is 0 Å². The minimum atomic E-state index is -0.0192. The van der Waals surface area contributed by atoms with Crippen molar-refractivity contribution in [1.29, 1.82) is 5.26 Å². The van der Waals surface area contributed by atoms with Crippen molar-refractivity contribution in [2.24, 2.45) is 0 Å². The van der Waals surface area contributed by atoms with Gasteiger partial charge in [-0.1, -0.05) is 0 Å². The molecule has 0 spiro atoms. The summed E-state index contributed by atoms with van der Waals surface area (Å²) in [6, 6.07) is 4.00. The third kappa shape index (κ3) is 2.46. The summed E-state index contributed by atoms with van der Waals surface area (Å²) in [6.07, 6.45) is 4.47. The van der Waals surface area contributed by atoms with E-state index in [1.54, 1.807) is 7.11 Å². The van der Waals surface area contributed by atoms with E-state index >= 15 is 0 Å². The number of rotatable bonds is 4. The number of fused-ring (bicyclic) bond motifs is 1. The highest BCUT2D eigenvalue weighted by Crippen LogP contribution is 2.20. The summed E-state index contributed by atoms with van der Waals surface area (Å²) in [5.74, 6) is 0. The molecule has 4 heteroatoms. The molecule has 0 fully saturated rings. The molecule has 0 unspecified atom stereocenters. The van der Waals surface area contributed by atoms with Crippen LogP contribution in [0.25, 0.3) is 0 Å². The first kappa shape index (κ1) is 12.8. The smallest absolute Gasteiger partial charge is 0.255 e. The van der Waals surface area contributed by atoms with Crippen molar-refractivity contribution in [3.63, 3.8) is 0 Å². The lowest BCUT2D eigenvalue weighted by Crippen LogP contribution is -2.30. The summed E-state index contributed by atoms with van der Waals surface area (Å²) in [4.78, 5) is 12.3. The number of ether oxygens (including phenoxy) is 1. The number of aromatic nitrogens is 1. The van der Waals surface area contributed by atoms with E-state index in [1.807, 2.05) is 10.6 Å². The molecular weight excluding hydrogens is 228 g/mol. The third-order valence-corrected chi connectivity index (χ3v) is 3.46. The summed E-state index contributed by atoms with van der Waals surface area (Å²) in [7, 11) is 1.64. The molecule has 0 saturated carbocycles. The molecule has 0 atom stereocenters. The maximum absolute atomic E-state index is 12.3. The van der Waals surface area contributed by atoms with Gasteiger partial charge in [-0.2, -0.15) is 5.26 Å². The second kappa shape index (κ2) is 5.83. The monoisotopic (exact) mass is 246 g/mol. The molecular formula is C14H18N2O2. The van der Waals surface area contributed by atoms with Gasteiger partial charge in [0, 0.05) is 24.9 Å². The lowest BCUT2D eigenvalue weighted by Gasteiger charge is -2.22. The number of hydrogen-bond acceptors (Lipinski definition) is 3. The summed E-state index contributed by atoms with van der Waals surface area (Å²) in [5.41, 5.74) is 2.98. The summed E-state index contributed by atoms with van der Waals surface area (Å²) in [6.45, 7) is 1.11. The Labute approximate surface area is 107 Å². The Bertz CT molecular complexity index is 526. The van der Waals surface area contributed by atoms with Crippen molar-refractivity contribution < 1.29 is 4.74 Å². The Hall–Kier alpha value is -1.60. The van der Waals surface area contributed by atoms with Crippen LogP contribution < -0.4 is 5.56 Å². The van der Waals surface area contributed by atoms with Crippen LogP contribution in [-0.4, -0.2) is 18.3 Å². The maximum atomic E-state index is 12.3. The normalized spacial score (nSPS) is 14.0. The van der Waals surface area contributed by atoms with Gasteiger partial charge in [-0.3, -0.25) is 4.79 Å². The van der Waals surface area contributed by atoms with Gasteiger partial charge >= 0.3 is 0 Å². The van der Waals surface area contributed by atoms with E-state index in [2.05, 4.69) is 6.07 Å². The zero-order chi connectivity index (χ0) is 13.0. The van der Waals surface area contributed by atoms with Crippen molar-refractivity contribution in [2.75, 3.05) is 13.7 Å². The fourth-order valence-corrected chi connectivity index (χ4v) is 2.58. The second-order valence-electron chi connectivity index (χ2n) is 4.63. The molecule has 18 heavy (non-hydrogen) atoms. The van der Waals surface area contributed by atoms with Gasteiger partial charge in [0.15, 0.2) is 0 Å². The van der Waals surface area contributed by atoms with Gasteiger partial charge in [-0.05, 0) is 37.3 Å². The summed E-state index contributed by atoms with van der Waals surface area (Å²) < 4.78 is 6.88. The lowest BCUT2D eigenvalue weighted by atomic mass is 9.94. The molecule has 0 amide bonds. The number of aryl methyl sites for hydroxylation is 1. The molecule has 1 heterocycles. The molecule has 0 radical (unpaired) electrons. The van der Waals surface area contributed by atoms with Gasteiger partial charge in [0.05, 0.1) is 19.1 Å². The van der Waals surface area contributed by atoms with Crippen LogP contribution in [0, 0.1) is 11.3 Å². The molecule has 1 aliphatic carbocycles. The van der Waals surface area contributed by atoms with Gasteiger partial charge < -0.3 is 9.30 Å². The number of methoxy groups -OCH3 is 1. The molecule has 1 aromatic heterocycles. The molecule has 2 rings (SSSR count).